The van der Waals surface area contributed by atoms with Crippen molar-refractivity contribution >= 4 is 0 Å². The van der Waals surface area contributed by atoms with Gasteiger partial charge in [0.15, 0.2) is 0 Å². The molecule has 1 saturated heterocycles. The van der Waals surface area contributed by atoms with E-state index >= 15 is 0 Å². The molecular weight excluding hydrogens is 224 g/mol. The highest BCUT2D eigenvalue weighted by atomic mass is 16.3. The zero-order valence-electron chi connectivity index (χ0n) is 12.7. The number of hydrogen-bond acceptors (Lipinski definition) is 3. The lowest BCUT2D eigenvalue weighted by atomic mass is 9.90. The SMILES string of the molecule is CCCN1CCC(C(C)NCC(O)C(C)C)CC1. The normalized spacial score (nSPS) is 22.3. The summed E-state index contributed by atoms with van der Waals surface area (Å²) in [6.45, 7) is 13.1. The molecule has 0 aliphatic carbocycles. The first-order valence-corrected chi connectivity index (χ1v) is 7.68. The molecule has 18 heavy (non-hydrogen) atoms. The Hall–Kier alpha value is -0.120. The van der Waals surface area contributed by atoms with E-state index in [0.29, 0.717) is 12.0 Å². The van der Waals surface area contributed by atoms with Gasteiger partial charge in [-0.3, -0.25) is 0 Å². The Kier molecular flexibility index (Phi) is 7.20. The summed E-state index contributed by atoms with van der Waals surface area (Å²) >= 11 is 0. The molecule has 1 fully saturated rings. The maximum Gasteiger partial charge on any atom is 0.0687 e. The monoisotopic (exact) mass is 256 g/mol. The van der Waals surface area contributed by atoms with Crippen molar-refractivity contribution in [1.29, 1.82) is 0 Å². The third-order valence-corrected chi connectivity index (χ3v) is 4.30. The summed E-state index contributed by atoms with van der Waals surface area (Å²) < 4.78 is 0. The van der Waals surface area contributed by atoms with Crippen LogP contribution in [0.25, 0.3) is 0 Å². The average Bonchev–Trinajstić information content (AvgIpc) is 2.36. The minimum Gasteiger partial charge on any atom is -0.392 e. The first kappa shape index (κ1) is 15.9. The van der Waals surface area contributed by atoms with Gasteiger partial charge in [-0.05, 0) is 57.7 Å². The highest BCUT2D eigenvalue weighted by Gasteiger charge is 2.23. The second kappa shape index (κ2) is 8.13. The molecule has 0 radical (unpaired) electrons. The van der Waals surface area contributed by atoms with Crippen molar-refractivity contribution in [3.63, 3.8) is 0 Å². The fourth-order valence-corrected chi connectivity index (χ4v) is 2.70. The minimum atomic E-state index is -0.215. The number of likely N-dealkylation sites (tertiary alicyclic amines) is 1. The Morgan fingerprint density at radius 1 is 1.22 bits per heavy atom. The Bertz CT molecular complexity index is 213. The van der Waals surface area contributed by atoms with Crippen LogP contribution in [0, 0.1) is 11.8 Å². The molecule has 1 heterocycles. The maximum absolute atomic E-state index is 9.81. The molecule has 0 spiro atoms. The first-order valence-electron chi connectivity index (χ1n) is 7.68. The van der Waals surface area contributed by atoms with Gasteiger partial charge < -0.3 is 15.3 Å². The summed E-state index contributed by atoms with van der Waals surface area (Å²) in [4.78, 5) is 2.58. The van der Waals surface area contributed by atoms with Gasteiger partial charge in [0, 0.05) is 12.6 Å². The molecule has 1 aliphatic heterocycles. The maximum atomic E-state index is 9.81. The van der Waals surface area contributed by atoms with Crippen molar-refractivity contribution in [3.8, 4) is 0 Å². The second-order valence-corrected chi connectivity index (χ2v) is 6.19. The van der Waals surface area contributed by atoms with Gasteiger partial charge in [0.05, 0.1) is 6.10 Å². The quantitative estimate of drug-likeness (QED) is 0.732. The second-order valence-electron chi connectivity index (χ2n) is 6.19. The largest absolute Gasteiger partial charge is 0.392 e. The van der Waals surface area contributed by atoms with Gasteiger partial charge in [-0.2, -0.15) is 0 Å². The number of nitrogens with zero attached hydrogens (tertiary/aromatic N) is 1. The molecule has 1 aliphatic rings. The molecule has 0 saturated carbocycles. The number of aliphatic hydroxyl groups excluding tert-OH is 1. The number of nitrogens with one attached hydrogen (secondary N) is 1. The Morgan fingerprint density at radius 2 is 1.83 bits per heavy atom. The summed E-state index contributed by atoms with van der Waals surface area (Å²) in [5.74, 6) is 1.12. The van der Waals surface area contributed by atoms with Gasteiger partial charge in [0.1, 0.15) is 0 Å². The zero-order chi connectivity index (χ0) is 13.5. The Labute approximate surface area is 113 Å². The van der Waals surface area contributed by atoms with Crippen molar-refractivity contribution in [1.82, 2.24) is 10.2 Å². The van der Waals surface area contributed by atoms with Gasteiger partial charge in [-0.15, -0.1) is 0 Å². The molecule has 2 unspecified atom stereocenters. The van der Waals surface area contributed by atoms with Crippen molar-refractivity contribution in [2.75, 3.05) is 26.2 Å². The van der Waals surface area contributed by atoms with Crippen LogP contribution in [0.3, 0.4) is 0 Å². The topological polar surface area (TPSA) is 35.5 Å². The first-order chi connectivity index (χ1) is 8.54. The van der Waals surface area contributed by atoms with Crippen molar-refractivity contribution in [2.24, 2.45) is 11.8 Å². The highest BCUT2D eigenvalue weighted by molar-refractivity contribution is 4.80. The lowest BCUT2D eigenvalue weighted by Gasteiger charge is -2.35. The van der Waals surface area contributed by atoms with Gasteiger partial charge in [0.2, 0.25) is 0 Å². The van der Waals surface area contributed by atoms with Crippen LogP contribution >= 0.6 is 0 Å². The molecule has 108 valence electrons. The van der Waals surface area contributed by atoms with E-state index in [9.17, 15) is 5.11 Å². The number of aliphatic hydroxyl groups is 1. The standard InChI is InChI=1S/C15H32N2O/c1-5-8-17-9-6-14(7-10-17)13(4)16-11-15(18)12(2)3/h12-16,18H,5-11H2,1-4H3. The third kappa shape index (κ3) is 5.25. The van der Waals surface area contributed by atoms with Crippen LogP contribution in [0.5, 0.6) is 0 Å². The molecule has 0 amide bonds. The van der Waals surface area contributed by atoms with Crippen molar-refractivity contribution < 1.29 is 5.11 Å². The van der Waals surface area contributed by atoms with Gasteiger partial charge in [-0.25, -0.2) is 0 Å². The van der Waals surface area contributed by atoms with Gasteiger partial charge in [0.25, 0.3) is 0 Å². The smallest absolute Gasteiger partial charge is 0.0687 e. The summed E-state index contributed by atoms with van der Waals surface area (Å²) in [7, 11) is 0. The third-order valence-electron chi connectivity index (χ3n) is 4.30. The molecule has 3 heteroatoms. The Morgan fingerprint density at radius 3 is 2.33 bits per heavy atom. The lowest BCUT2D eigenvalue weighted by Crippen LogP contribution is -2.44. The van der Waals surface area contributed by atoms with E-state index in [1.807, 2.05) is 0 Å². The lowest BCUT2D eigenvalue weighted by molar-refractivity contribution is 0.109. The van der Waals surface area contributed by atoms with E-state index in [4.69, 9.17) is 0 Å². The van der Waals surface area contributed by atoms with E-state index in [1.165, 1.54) is 38.9 Å². The molecular formula is C15H32N2O. The molecule has 3 nitrogen and oxygen atoms in total. The van der Waals surface area contributed by atoms with E-state index in [0.717, 1.165) is 12.5 Å². The number of hydrogen-bond donors (Lipinski definition) is 2. The molecule has 2 atom stereocenters. The fourth-order valence-electron chi connectivity index (χ4n) is 2.70. The average molecular weight is 256 g/mol. The van der Waals surface area contributed by atoms with Crippen LogP contribution in [0.1, 0.15) is 47.0 Å². The van der Waals surface area contributed by atoms with Gasteiger partial charge >= 0.3 is 0 Å². The summed E-state index contributed by atoms with van der Waals surface area (Å²) in [6, 6.07) is 0.530. The predicted molar refractivity (Wildman–Crippen MR) is 77.8 cm³/mol. The summed E-state index contributed by atoms with van der Waals surface area (Å²) in [5, 5.41) is 13.3. The Balaban J connectivity index is 2.21. The summed E-state index contributed by atoms with van der Waals surface area (Å²) in [5.41, 5.74) is 0. The highest BCUT2D eigenvalue weighted by Crippen LogP contribution is 2.20. The van der Waals surface area contributed by atoms with Crippen LogP contribution in [0.2, 0.25) is 0 Å². The zero-order valence-corrected chi connectivity index (χ0v) is 12.7. The van der Waals surface area contributed by atoms with Crippen LogP contribution in [-0.2, 0) is 0 Å². The van der Waals surface area contributed by atoms with E-state index in [2.05, 4.69) is 37.9 Å². The fraction of sp³-hybridized carbons (Fsp3) is 1.00. The minimum absolute atomic E-state index is 0.215. The van der Waals surface area contributed by atoms with Crippen LogP contribution in [-0.4, -0.2) is 48.3 Å². The van der Waals surface area contributed by atoms with E-state index in [-0.39, 0.29) is 6.10 Å². The van der Waals surface area contributed by atoms with Crippen molar-refractivity contribution in [3.05, 3.63) is 0 Å². The van der Waals surface area contributed by atoms with E-state index < -0.39 is 0 Å². The van der Waals surface area contributed by atoms with Crippen LogP contribution in [0.4, 0.5) is 0 Å². The summed E-state index contributed by atoms with van der Waals surface area (Å²) in [6.07, 6.45) is 3.64. The molecule has 0 aromatic heterocycles. The predicted octanol–water partition coefficient (Wildman–Crippen LogP) is 2.10. The van der Waals surface area contributed by atoms with Crippen LogP contribution in [0.15, 0.2) is 0 Å². The van der Waals surface area contributed by atoms with Crippen LogP contribution < -0.4 is 5.32 Å². The van der Waals surface area contributed by atoms with E-state index in [1.54, 1.807) is 0 Å². The molecule has 0 bridgehead atoms. The van der Waals surface area contributed by atoms with Crippen molar-refractivity contribution in [2.45, 2.75) is 59.1 Å². The molecule has 0 aromatic carbocycles. The molecule has 0 aromatic rings. The molecule has 1 rings (SSSR count). The molecule has 2 N–H and O–H groups in total. The van der Waals surface area contributed by atoms with Gasteiger partial charge in [-0.1, -0.05) is 20.8 Å². The number of piperidine rings is 1. The number of rotatable bonds is 7.